The molecule has 1 saturated carbocycles. The summed E-state index contributed by atoms with van der Waals surface area (Å²) in [5, 5.41) is 11.9. The molecule has 43 heavy (non-hydrogen) atoms. The molecule has 2 aliphatic rings. The fourth-order valence-electron chi connectivity index (χ4n) is 5.41. The Morgan fingerprint density at radius 3 is 2.60 bits per heavy atom. The van der Waals surface area contributed by atoms with Crippen LogP contribution >= 0.6 is 0 Å². The third kappa shape index (κ3) is 5.41. The lowest BCUT2D eigenvalue weighted by Crippen LogP contribution is -2.44. The molecular weight excluding hydrogens is 546 g/mol. The zero-order chi connectivity index (χ0) is 29.3. The molecule has 218 valence electrons. The summed E-state index contributed by atoms with van der Waals surface area (Å²) in [5.74, 6) is 1.85. The molecule has 1 aliphatic carbocycles. The third-order valence-corrected chi connectivity index (χ3v) is 7.87. The molecule has 0 radical (unpaired) electrons. The molecule has 2 fully saturated rings. The lowest BCUT2D eigenvalue weighted by Gasteiger charge is -2.23. The molecule has 7 rings (SSSR count). The van der Waals surface area contributed by atoms with Crippen LogP contribution in [0, 0.1) is 0 Å². The molecule has 0 bridgehead atoms. The Kier molecular flexibility index (Phi) is 6.98. The zero-order valence-corrected chi connectivity index (χ0v) is 23.7. The van der Waals surface area contributed by atoms with E-state index in [9.17, 15) is 9.59 Å². The van der Waals surface area contributed by atoms with Crippen LogP contribution in [0.15, 0.2) is 72.8 Å². The van der Waals surface area contributed by atoms with Crippen LogP contribution in [0.3, 0.4) is 0 Å². The van der Waals surface area contributed by atoms with Crippen LogP contribution in [-0.2, 0) is 16.1 Å². The molecule has 1 saturated heterocycles. The normalized spacial score (nSPS) is 17.0. The van der Waals surface area contributed by atoms with Gasteiger partial charge in [0.15, 0.2) is 11.5 Å². The van der Waals surface area contributed by atoms with Crippen molar-refractivity contribution in [2.24, 2.45) is 0 Å². The van der Waals surface area contributed by atoms with Crippen LogP contribution in [0.2, 0.25) is 0 Å². The maximum atomic E-state index is 13.2. The van der Waals surface area contributed by atoms with Gasteiger partial charge in [0.25, 0.3) is 0 Å². The van der Waals surface area contributed by atoms with Gasteiger partial charge in [-0.3, -0.25) is 4.79 Å². The standard InChI is InChI=1S/C32H31N7O4/c1-42-23-14-12-22(13-15-23)28-36-29-25-9-5-8-24(21-10-11-21)27(25)35-31(39(29)37-28)34-26-18-38(17-16-33-30(26)40)32(41)43-19-20-6-3-2-4-7-20/h2-9,12-15,21,26H,10-11,16-19H2,1H3,(H,33,40)(H,34,35)/t26-/m0/s1. The van der Waals surface area contributed by atoms with Gasteiger partial charge in [-0.25, -0.2) is 14.8 Å². The largest absolute Gasteiger partial charge is 0.497 e. The number of rotatable bonds is 7. The molecule has 3 aromatic carbocycles. The Labute approximate surface area is 247 Å². The first-order valence-electron chi connectivity index (χ1n) is 14.4. The van der Waals surface area contributed by atoms with E-state index in [0.717, 1.165) is 46.2 Å². The van der Waals surface area contributed by atoms with Crippen molar-refractivity contribution in [2.45, 2.75) is 31.4 Å². The molecule has 2 aromatic heterocycles. The van der Waals surface area contributed by atoms with E-state index in [1.54, 1.807) is 11.6 Å². The molecule has 2 N–H and O–H groups in total. The highest BCUT2D eigenvalue weighted by molar-refractivity contribution is 5.96. The van der Waals surface area contributed by atoms with E-state index in [4.69, 9.17) is 24.5 Å². The van der Waals surface area contributed by atoms with Crippen molar-refractivity contribution in [1.82, 2.24) is 29.8 Å². The predicted octanol–water partition coefficient (Wildman–Crippen LogP) is 4.38. The molecule has 3 heterocycles. The molecule has 11 heteroatoms. The smallest absolute Gasteiger partial charge is 0.410 e. The van der Waals surface area contributed by atoms with Crippen LogP contribution in [-0.4, -0.2) is 69.3 Å². The molecule has 11 nitrogen and oxygen atoms in total. The molecular formula is C32H31N7O4. The number of nitrogens with zero attached hydrogens (tertiary/aromatic N) is 5. The number of benzene rings is 3. The van der Waals surface area contributed by atoms with Gasteiger partial charge in [0.1, 0.15) is 18.4 Å². The summed E-state index contributed by atoms with van der Waals surface area (Å²) < 4.78 is 12.5. The first kappa shape index (κ1) is 26.7. The Morgan fingerprint density at radius 2 is 1.84 bits per heavy atom. The fraction of sp³-hybridized carbons (Fsp3) is 0.281. The first-order chi connectivity index (χ1) is 21.1. The Balaban J connectivity index is 1.23. The topological polar surface area (TPSA) is 123 Å². The monoisotopic (exact) mass is 577 g/mol. The molecule has 1 atom stereocenters. The zero-order valence-electron chi connectivity index (χ0n) is 23.7. The summed E-state index contributed by atoms with van der Waals surface area (Å²) in [6.45, 7) is 0.897. The number of nitrogens with one attached hydrogen (secondary N) is 2. The van der Waals surface area contributed by atoms with Gasteiger partial charge in [-0.1, -0.05) is 42.5 Å². The van der Waals surface area contributed by atoms with E-state index in [-0.39, 0.29) is 19.1 Å². The van der Waals surface area contributed by atoms with Crippen molar-refractivity contribution in [3.05, 3.63) is 83.9 Å². The van der Waals surface area contributed by atoms with E-state index < -0.39 is 12.1 Å². The maximum absolute atomic E-state index is 13.2. The number of para-hydroxylation sites is 1. The van der Waals surface area contributed by atoms with E-state index in [2.05, 4.69) is 16.7 Å². The summed E-state index contributed by atoms with van der Waals surface area (Å²) in [7, 11) is 1.62. The number of methoxy groups -OCH3 is 1. The SMILES string of the molecule is COc1ccc(-c2nc3c4cccc(C5CC5)c4nc(N[C@H]4CN(C(=O)OCc5ccccc5)CCNC4=O)n3n2)cc1. The van der Waals surface area contributed by atoms with Crippen LogP contribution in [0.5, 0.6) is 5.75 Å². The second kappa shape index (κ2) is 11.2. The number of aromatic nitrogens is 4. The van der Waals surface area contributed by atoms with Gasteiger partial charge in [-0.15, -0.1) is 5.10 Å². The highest BCUT2D eigenvalue weighted by Crippen LogP contribution is 2.43. The average molecular weight is 578 g/mol. The molecule has 5 aromatic rings. The fourth-order valence-corrected chi connectivity index (χ4v) is 5.41. The van der Waals surface area contributed by atoms with E-state index in [1.165, 1.54) is 4.90 Å². The van der Waals surface area contributed by atoms with E-state index in [1.807, 2.05) is 66.7 Å². The van der Waals surface area contributed by atoms with Crippen molar-refractivity contribution in [1.29, 1.82) is 0 Å². The summed E-state index contributed by atoms with van der Waals surface area (Å²) in [6, 6.07) is 22.4. The molecule has 2 amide bonds. The highest BCUT2D eigenvalue weighted by Gasteiger charge is 2.31. The first-order valence-corrected chi connectivity index (χ1v) is 14.4. The number of carbonyl (C=O) groups is 2. The van der Waals surface area contributed by atoms with Gasteiger partial charge in [-0.2, -0.15) is 4.52 Å². The van der Waals surface area contributed by atoms with Crippen LogP contribution in [0.25, 0.3) is 27.9 Å². The van der Waals surface area contributed by atoms with Crippen molar-refractivity contribution in [2.75, 3.05) is 32.1 Å². The van der Waals surface area contributed by atoms with Crippen molar-refractivity contribution >= 4 is 34.5 Å². The summed E-state index contributed by atoms with van der Waals surface area (Å²) >= 11 is 0. The molecule has 0 spiro atoms. The van der Waals surface area contributed by atoms with Gasteiger partial charge in [-0.05, 0) is 60.2 Å². The Morgan fingerprint density at radius 1 is 1.02 bits per heavy atom. The number of anilines is 1. The van der Waals surface area contributed by atoms with Crippen molar-refractivity contribution in [3.8, 4) is 17.1 Å². The molecule has 0 unspecified atom stereocenters. The number of hydrogen-bond donors (Lipinski definition) is 2. The number of amides is 2. The second-order valence-electron chi connectivity index (χ2n) is 10.8. The van der Waals surface area contributed by atoms with E-state index in [0.29, 0.717) is 36.4 Å². The second-order valence-corrected chi connectivity index (χ2v) is 10.8. The van der Waals surface area contributed by atoms with Crippen LogP contribution in [0.4, 0.5) is 10.7 Å². The maximum Gasteiger partial charge on any atom is 0.410 e. The van der Waals surface area contributed by atoms with E-state index >= 15 is 0 Å². The Bertz CT molecular complexity index is 1800. The van der Waals surface area contributed by atoms with Crippen molar-refractivity contribution in [3.63, 3.8) is 0 Å². The summed E-state index contributed by atoms with van der Waals surface area (Å²) in [6.07, 6.45) is 1.75. The number of ether oxygens (including phenoxy) is 2. The quantitative estimate of drug-likeness (QED) is 0.292. The number of hydrogen-bond acceptors (Lipinski definition) is 8. The number of fused-ring (bicyclic) bond motifs is 3. The average Bonchev–Trinajstić information content (AvgIpc) is 3.82. The minimum absolute atomic E-state index is 0.102. The summed E-state index contributed by atoms with van der Waals surface area (Å²) in [4.78, 5) is 37.7. The Hall–Kier alpha value is -5.19. The summed E-state index contributed by atoms with van der Waals surface area (Å²) in [5.41, 5.74) is 4.34. The van der Waals surface area contributed by atoms with Gasteiger partial charge in [0.05, 0.1) is 19.2 Å². The lowest BCUT2D eigenvalue weighted by atomic mass is 10.1. The van der Waals surface area contributed by atoms with Crippen LogP contribution < -0.4 is 15.4 Å². The minimum atomic E-state index is -0.790. The number of carbonyl (C=O) groups excluding carboxylic acids is 2. The lowest BCUT2D eigenvalue weighted by molar-refractivity contribution is -0.121. The van der Waals surface area contributed by atoms with Crippen molar-refractivity contribution < 1.29 is 19.1 Å². The van der Waals surface area contributed by atoms with Crippen LogP contribution in [0.1, 0.15) is 29.9 Å². The van der Waals surface area contributed by atoms with Gasteiger partial charge < -0.3 is 25.0 Å². The minimum Gasteiger partial charge on any atom is -0.497 e. The molecule has 1 aliphatic heterocycles. The highest BCUT2D eigenvalue weighted by atomic mass is 16.6. The van der Waals surface area contributed by atoms with Gasteiger partial charge >= 0.3 is 6.09 Å². The van der Waals surface area contributed by atoms with Gasteiger partial charge in [0, 0.05) is 24.0 Å². The third-order valence-electron chi connectivity index (χ3n) is 7.87. The van der Waals surface area contributed by atoms with Gasteiger partial charge in [0.2, 0.25) is 11.9 Å². The predicted molar refractivity (Wildman–Crippen MR) is 161 cm³/mol.